The first-order chi connectivity index (χ1) is 9.70. The van der Waals surface area contributed by atoms with Gasteiger partial charge in [0.1, 0.15) is 0 Å². The molecule has 4 nitrogen and oxygen atoms in total. The van der Waals surface area contributed by atoms with E-state index in [4.69, 9.17) is 0 Å². The number of nitrogens with one attached hydrogen (secondary N) is 1. The van der Waals surface area contributed by atoms with E-state index in [1.54, 1.807) is 18.2 Å². The zero-order valence-corrected chi connectivity index (χ0v) is 11.0. The summed E-state index contributed by atoms with van der Waals surface area (Å²) in [5.74, 6) is 0. The van der Waals surface area contributed by atoms with E-state index in [2.05, 4.69) is 11.9 Å². The van der Waals surface area contributed by atoms with Crippen LogP contribution in [0.1, 0.15) is 18.0 Å². The smallest absolute Gasteiger partial charge is 0.269 e. The molecule has 0 radical (unpaired) electrons. The van der Waals surface area contributed by atoms with Crippen LogP contribution in [0.5, 0.6) is 0 Å². The van der Waals surface area contributed by atoms with Gasteiger partial charge in [0.2, 0.25) is 0 Å². The molecule has 0 aliphatic heterocycles. The molecule has 20 heavy (non-hydrogen) atoms. The molecule has 0 aliphatic carbocycles. The van der Waals surface area contributed by atoms with E-state index in [1.807, 2.05) is 36.4 Å². The minimum absolute atomic E-state index is 0.0326. The summed E-state index contributed by atoms with van der Waals surface area (Å²) in [5, 5.41) is 14.2. The van der Waals surface area contributed by atoms with E-state index < -0.39 is 0 Å². The molecule has 2 aromatic rings. The maximum Gasteiger partial charge on any atom is 0.269 e. The first-order valence-corrected chi connectivity index (χ1v) is 6.37. The molecule has 0 spiro atoms. The molecule has 2 rings (SSSR count). The summed E-state index contributed by atoms with van der Waals surface area (Å²) < 4.78 is 0. The summed E-state index contributed by atoms with van der Waals surface area (Å²) in [5.41, 5.74) is 1.96. The van der Waals surface area contributed by atoms with E-state index in [9.17, 15) is 10.1 Å². The van der Waals surface area contributed by atoms with Gasteiger partial charge in [0.05, 0.1) is 11.0 Å². The van der Waals surface area contributed by atoms with Crippen LogP contribution in [0, 0.1) is 10.1 Å². The van der Waals surface area contributed by atoms with Crippen LogP contribution in [0.3, 0.4) is 0 Å². The second-order valence-corrected chi connectivity index (χ2v) is 4.44. The molecular weight excluding hydrogens is 252 g/mol. The number of nitro groups is 1. The highest BCUT2D eigenvalue weighted by atomic mass is 16.6. The van der Waals surface area contributed by atoms with Crippen LogP contribution in [0.2, 0.25) is 0 Å². The number of non-ortho nitro benzene ring substituents is 1. The van der Waals surface area contributed by atoms with E-state index >= 15 is 0 Å². The van der Waals surface area contributed by atoms with Crippen LogP contribution >= 0.6 is 0 Å². The molecule has 1 atom stereocenters. The highest BCUT2D eigenvalue weighted by Crippen LogP contribution is 2.25. The molecule has 0 amide bonds. The average molecular weight is 268 g/mol. The standard InChI is InChI=1S/C16H16N2O2/c1-2-7-16(17-14-9-4-3-5-10-14)13-8-6-11-15(12-13)18(19)20/h2-6,8-12,16-17H,1,7H2. The summed E-state index contributed by atoms with van der Waals surface area (Å²) in [7, 11) is 0. The number of para-hydroxylation sites is 1. The summed E-state index contributed by atoms with van der Waals surface area (Å²) in [4.78, 5) is 10.5. The number of nitro benzene ring substituents is 1. The highest BCUT2D eigenvalue weighted by molar-refractivity contribution is 5.46. The zero-order valence-electron chi connectivity index (χ0n) is 11.0. The first kappa shape index (κ1) is 13.8. The third kappa shape index (κ3) is 3.45. The number of rotatable bonds is 6. The van der Waals surface area contributed by atoms with Gasteiger partial charge in [-0.15, -0.1) is 6.58 Å². The Kier molecular flexibility index (Phi) is 4.50. The Bertz CT molecular complexity index is 596. The molecule has 0 saturated carbocycles. The fourth-order valence-corrected chi connectivity index (χ4v) is 2.04. The van der Waals surface area contributed by atoms with Gasteiger partial charge < -0.3 is 5.32 Å². The van der Waals surface area contributed by atoms with Crippen molar-refractivity contribution in [2.75, 3.05) is 5.32 Å². The molecule has 4 heteroatoms. The molecule has 0 aromatic heterocycles. The van der Waals surface area contributed by atoms with Gasteiger partial charge in [-0.3, -0.25) is 10.1 Å². The average Bonchev–Trinajstić information content (AvgIpc) is 2.48. The van der Waals surface area contributed by atoms with Crippen molar-refractivity contribution in [2.24, 2.45) is 0 Å². The lowest BCUT2D eigenvalue weighted by atomic mass is 10.0. The van der Waals surface area contributed by atoms with Gasteiger partial charge in [-0.1, -0.05) is 36.4 Å². The number of benzene rings is 2. The molecule has 0 heterocycles. The van der Waals surface area contributed by atoms with E-state index in [-0.39, 0.29) is 16.7 Å². The van der Waals surface area contributed by atoms with Gasteiger partial charge in [0.15, 0.2) is 0 Å². The Hall–Kier alpha value is -2.62. The molecule has 0 saturated heterocycles. The Morgan fingerprint density at radius 1 is 1.20 bits per heavy atom. The van der Waals surface area contributed by atoms with E-state index in [1.165, 1.54) is 6.07 Å². The lowest BCUT2D eigenvalue weighted by Crippen LogP contribution is -2.10. The van der Waals surface area contributed by atoms with E-state index in [0.29, 0.717) is 6.42 Å². The van der Waals surface area contributed by atoms with Crippen LogP contribution in [0.15, 0.2) is 67.3 Å². The summed E-state index contributed by atoms with van der Waals surface area (Å²) in [6.45, 7) is 3.75. The maximum atomic E-state index is 10.9. The second kappa shape index (κ2) is 6.52. The monoisotopic (exact) mass is 268 g/mol. The lowest BCUT2D eigenvalue weighted by Gasteiger charge is -2.18. The normalized spacial score (nSPS) is 11.6. The molecule has 1 unspecified atom stereocenters. The quantitative estimate of drug-likeness (QED) is 0.482. The third-order valence-electron chi connectivity index (χ3n) is 3.00. The largest absolute Gasteiger partial charge is 0.378 e. The Balaban J connectivity index is 2.26. The van der Waals surface area contributed by atoms with Gasteiger partial charge in [-0.25, -0.2) is 0 Å². The topological polar surface area (TPSA) is 55.2 Å². The molecule has 0 fully saturated rings. The van der Waals surface area contributed by atoms with Crippen LogP contribution in [-0.2, 0) is 0 Å². The van der Waals surface area contributed by atoms with Crippen molar-refractivity contribution in [3.05, 3.63) is 82.9 Å². The number of hydrogen-bond donors (Lipinski definition) is 1. The van der Waals surface area contributed by atoms with Crippen molar-refractivity contribution in [3.8, 4) is 0 Å². The summed E-state index contributed by atoms with van der Waals surface area (Å²) in [6.07, 6.45) is 2.50. The van der Waals surface area contributed by atoms with Crippen molar-refractivity contribution in [1.29, 1.82) is 0 Å². The van der Waals surface area contributed by atoms with Crippen LogP contribution in [-0.4, -0.2) is 4.92 Å². The Morgan fingerprint density at radius 2 is 1.95 bits per heavy atom. The van der Waals surface area contributed by atoms with Gasteiger partial charge in [0, 0.05) is 17.8 Å². The predicted molar refractivity (Wildman–Crippen MR) is 80.7 cm³/mol. The fraction of sp³-hybridized carbons (Fsp3) is 0.125. The summed E-state index contributed by atoms with van der Waals surface area (Å²) in [6, 6.07) is 16.4. The van der Waals surface area contributed by atoms with Crippen molar-refractivity contribution < 1.29 is 4.92 Å². The van der Waals surface area contributed by atoms with Crippen LogP contribution in [0.25, 0.3) is 0 Å². The summed E-state index contributed by atoms with van der Waals surface area (Å²) >= 11 is 0. The molecule has 2 aromatic carbocycles. The fourth-order valence-electron chi connectivity index (χ4n) is 2.04. The Labute approximate surface area is 117 Å². The molecule has 1 N–H and O–H groups in total. The van der Waals surface area contributed by atoms with Gasteiger partial charge in [-0.2, -0.15) is 0 Å². The van der Waals surface area contributed by atoms with Crippen LogP contribution < -0.4 is 5.32 Å². The van der Waals surface area contributed by atoms with Crippen LogP contribution in [0.4, 0.5) is 11.4 Å². The molecule has 0 bridgehead atoms. The third-order valence-corrected chi connectivity index (χ3v) is 3.00. The van der Waals surface area contributed by atoms with Gasteiger partial charge in [0.25, 0.3) is 5.69 Å². The predicted octanol–water partition coefficient (Wildman–Crippen LogP) is 4.32. The van der Waals surface area contributed by atoms with Crippen molar-refractivity contribution in [2.45, 2.75) is 12.5 Å². The Morgan fingerprint density at radius 3 is 2.60 bits per heavy atom. The zero-order chi connectivity index (χ0) is 14.4. The molecule has 0 aliphatic rings. The van der Waals surface area contributed by atoms with Gasteiger partial charge >= 0.3 is 0 Å². The van der Waals surface area contributed by atoms with Crippen molar-refractivity contribution in [3.63, 3.8) is 0 Å². The molecular formula is C16H16N2O2. The highest BCUT2D eigenvalue weighted by Gasteiger charge is 2.13. The van der Waals surface area contributed by atoms with E-state index in [0.717, 1.165) is 11.3 Å². The lowest BCUT2D eigenvalue weighted by molar-refractivity contribution is -0.384. The van der Waals surface area contributed by atoms with Gasteiger partial charge in [-0.05, 0) is 24.1 Å². The first-order valence-electron chi connectivity index (χ1n) is 6.37. The number of nitrogens with zero attached hydrogens (tertiary/aromatic N) is 1. The van der Waals surface area contributed by atoms with Crippen molar-refractivity contribution >= 4 is 11.4 Å². The second-order valence-electron chi connectivity index (χ2n) is 4.44. The minimum Gasteiger partial charge on any atom is -0.378 e. The van der Waals surface area contributed by atoms with Crippen molar-refractivity contribution in [1.82, 2.24) is 0 Å². The number of hydrogen-bond acceptors (Lipinski definition) is 3. The minimum atomic E-state index is -0.378. The maximum absolute atomic E-state index is 10.9. The molecule has 102 valence electrons. The SMILES string of the molecule is C=CCC(Nc1ccccc1)c1cccc([N+](=O)[O-])c1. The number of anilines is 1.